The molecule has 1 aromatic carbocycles. The van der Waals surface area contributed by atoms with E-state index in [9.17, 15) is 13.2 Å². The molecule has 1 amide bonds. The summed E-state index contributed by atoms with van der Waals surface area (Å²) in [4.78, 5) is 14.2. The first kappa shape index (κ1) is 15.0. The van der Waals surface area contributed by atoms with Crippen LogP contribution in [0, 0.1) is 5.92 Å². The number of carbonyl (C=O) groups is 1. The Hall–Kier alpha value is -1.40. The lowest BCUT2D eigenvalue weighted by Gasteiger charge is -2.25. The van der Waals surface area contributed by atoms with E-state index in [2.05, 4.69) is 4.72 Å². The maximum absolute atomic E-state index is 12.4. The van der Waals surface area contributed by atoms with Crippen LogP contribution in [0.5, 0.6) is 0 Å². The smallest absolute Gasteiger partial charge is 0.253 e. The molecule has 5 nitrogen and oxygen atoms in total. The Labute approximate surface area is 120 Å². The minimum absolute atomic E-state index is 0.110. The summed E-state index contributed by atoms with van der Waals surface area (Å²) >= 11 is 0. The molecule has 0 bridgehead atoms. The number of benzene rings is 1. The topological polar surface area (TPSA) is 66.5 Å². The highest BCUT2D eigenvalue weighted by Gasteiger charge is 2.32. The van der Waals surface area contributed by atoms with Crippen molar-refractivity contribution in [2.24, 2.45) is 5.92 Å². The Bertz CT molecular complexity index is 609. The van der Waals surface area contributed by atoms with Crippen LogP contribution in [0.3, 0.4) is 0 Å². The standard InChI is InChI=1S/C14H20N2O3S/c1-10(11-7-8-11)16(3)14(17)12-5-4-6-13(9-12)20(18,19)15-2/h4-6,9-11,15H,7-8H2,1-3H3/t10-/m1/s1. The zero-order chi connectivity index (χ0) is 14.9. The monoisotopic (exact) mass is 296 g/mol. The molecule has 6 heteroatoms. The molecule has 0 unspecified atom stereocenters. The molecule has 0 radical (unpaired) electrons. The molecule has 2 rings (SSSR count). The molecule has 1 aliphatic carbocycles. The minimum atomic E-state index is -3.52. The van der Waals surface area contributed by atoms with Crippen molar-refractivity contribution in [2.75, 3.05) is 14.1 Å². The van der Waals surface area contributed by atoms with Crippen LogP contribution in [-0.4, -0.2) is 39.4 Å². The summed E-state index contributed by atoms with van der Waals surface area (Å²) in [5.41, 5.74) is 0.399. The second-order valence-corrected chi connectivity index (χ2v) is 7.12. The fourth-order valence-electron chi connectivity index (χ4n) is 2.20. The second-order valence-electron chi connectivity index (χ2n) is 5.23. The van der Waals surface area contributed by atoms with Crippen LogP contribution in [0.4, 0.5) is 0 Å². The largest absolute Gasteiger partial charge is 0.339 e. The van der Waals surface area contributed by atoms with E-state index in [1.165, 1.54) is 19.2 Å². The number of rotatable bonds is 5. The first-order valence-corrected chi connectivity index (χ1v) is 8.16. The summed E-state index contributed by atoms with van der Waals surface area (Å²) in [7, 11) is -0.404. The lowest BCUT2D eigenvalue weighted by Crippen LogP contribution is -2.36. The van der Waals surface area contributed by atoms with Gasteiger partial charge in [0, 0.05) is 18.7 Å². The van der Waals surface area contributed by atoms with Gasteiger partial charge in [-0.15, -0.1) is 0 Å². The third-order valence-corrected chi connectivity index (χ3v) is 5.31. The second kappa shape index (κ2) is 5.54. The van der Waals surface area contributed by atoms with Crippen molar-refractivity contribution in [3.8, 4) is 0 Å². The van der Waals surface area contributed by atoms with Gasteiger partial charge >= 0.3 is 0 Å². The van der Waals surface area contributed by atoms with Gasteiger partial charge < -0.3 is 4.90 Å². The van der Waals surface area contributed by atoms with Gasteiger partial charge in [0.2, 0.25) is 10.0 Å². The number of amides is 1. The fourth-order valence-corrected chi connectivity index (χ4v) is 2.97. The van der Waals surface area contributed by atoms with Gasteiger partial charge in [0.1, 0.15) is 0 Å². The van der Waals surface area contributed by atoms with Crippen LogP contribution < -0.4 is 4.72 Å². The van der Waals surface area contributed by atoms with Gasteiger partial charge in [-0.3, -0.25) is 4.79 Å². The van der Waals surface area contributed by atoms with Crippen LogP contribution >= 0.6 is 0 Å². The third-order valence-electron chi connectivity index (χ3n) is 3.90. The highest BCUT2D eigenvalue weighted by molar-refractivity contribution is 7.89. The zero-order valence-electron chi connectivity index (χ0n) is 12.0. The number of hydrogen-bond acceptors (Lipinski definition) is 3. The maximum Gasteiger partial charge on any atom is 0.253 e. The molecule has 0 aromatic heterocycles. The van der Waals surface area contributed by atoms with E-state index in [1.807, 2.05) is 6.92 Å². The Morgan fingerprint density at radius 3 is 2.60 bits per heavy atom. The Morgan fingerprint density at radius 2 is 2.05 bits per heavy atom. The molecule has 0 spiro atoms. The van der Waals surface area contributed by atoms with Crippen LogP contribution in [0.1, 0.15) is 30.1 Å². The van der Waals surface area contributed by atoms with E-state index in [1.54, 1.807) is 24.1 Å². The van der Waals surface area contributed by atoms with Crippen molar-refractivity contribution in [1.29, 1.82) is 0 Å². The molecule has 1 saturated carbocycles. The number of nitrogens with one attached hydrogen (secondary N) is 1. The van der Waals surface area contributed by atoms with Crippen LogP contribution in [0.2, 0.25) is 0 Å². The zero-order valence-corrected chi connectivity index (χ0v) is 12.8. The minimum Gasteiger partial charge on any atom is -0.339 e. The molecule has 0 saturated heterocycles. The summed E-state index contributed by atoms with van der Waals surface area (Å²) in [5.74, 6) is 0.436. The van der Waals surface area contributed by atoms with Gasteiger partial charge in [0.05, 0.1) is 4.90 Å². The molecular weight excluding hydrogens is 276 g/mol. The van der Waals surface area contributed by atoms with Crippen molar-refractivity contribution >= 4 is 15.9 Å². The number of carbonyl (C=O) groups excluding carboxylic acids is 1. The summed E-state index contributed by atoms with van der Waals surface area (Å²) in [6.07, 6.45) is 2.32. The molecule has 0 heterocycles. The van der Waals surface area contributed by atoms with Gasteiger partial charge in [-0.05, 0) is 50.9 Å². The van der Waals surface area contributed by atoms with Gasteiger partial charge in [-0.2, -0.15) is 0 Å². The molecule has 1 aromatic rings. The maximum atomic E-state index is 12.4. The molecule has 1 fully saturated rings. The Morgan fingerprint density at radius 1 is 1.40 bits per heavy atom. The number of sulfonamides is 1. The van der Waals surface area contributed by atoms with Crippen molar-refractivity contribution in [3.63, 3.8) is 0 Å². The highest BCUT2D eigenvalue weighted by atomic mass is 32.2. The first-order chi connectivity index (χ1) is 9.36. The van der Waals surface area contributed by atoms with E-state index in [-0.39, 0.29) is 16.8 Å². The number of hydrogen-bond donors (Lipinski definition) is 1. The van der Waals surface area contributed by atoms with Gasteiger partial charge in [-0.25, -0.2) is 13.1 Å². The molecule has 0 aliphatic heterocycles. The summed E-state index contributed by atoms with van der Waals surface area (Å²) in [5, 5.41) is 0. The van der Waals surface area contributed by atoms with Crippen LogP contribution in [-0.2, 0) is 10.0 Å². The van der Waals surface area contributed by atoms with E-state index < -0.39 is 10.0 Å². The van der Waals surface area contributed by atoms with Gasteiger partial charge in [0.25, 0.3) is 5.91 Å². The third kappa shape index (κ3) is 3.02. The van der Waals surface area contributed by atoms with Crippen LogP contribution in [0.15, 0.2) is 29.2 Å². The van der Waals surface area contributed by atoms with Gasteiger partial charge in [0.15, 0.2) is 0 Å². The van der Waals surface area contributed by atoms with E-state index >= 15 is 0 Å². The molecular formula is C14H20N2O3S. The summed E-state index contributed by atoms with van der Waals surface area (Å²) in [6, 6.07) is 6.32. The first-order valence-electron chi connectivity index (χ1n) is 6.67. The Kier molecular flexibility index (Phi) is 4.15. The lowest BCUT2D eigenvalue weighted by atomic mass is 10.1. The normalized spacial score (nSPS) is 16.8. The predicted octanol–water partition coefficient (Wildman–Crippen LogP) is 1.47. The van der Waals surface area contributed by atoms with Crippen molar-refractivity contribution in [1.82, 2.24) is 9.62 Å². The van der Waals surface area contributed by atoms with E-state index in [0.717, 1.165) is 12.8 Å². The van der Waals surface area contributed by atoms with Crippen molar-refractivity contribution < 1.29 is 13.2 Å². The van der Waals surface area contributed by atoms with Crippen molar-refractivity contribution in [3.05, 3.63) is 29.8 Å². The Balaban J connectivity index is 2.24. The molecule has 20 heavy (non-hydrogen) atoms. The van der Waals surface area contributed by atoms with Gasteiger partial charge in [-0.1, -0.05) is 6.07 Å². The predicted molar refractivity (Wildman–Crippen MR) is 77.0 cm³/mol. The summed E-state index contributed by atoms with van der Waals surface area (Å²) in [6.45, 7) is 2.03. The molecule has 1 atom stereocenters. The van der Waals surface area contributed by atoms with Crippen LogP contribution in [0.25, 0.3) is 0 Å². The highest BCUT2D eigenvalue weighted by Crippen LogP contribution is 2.35. The molecule has 1 aliphatic rings. The lowest BCUT2D eigenvalue weighted by molar-refractivity contribution is 0.0727. The fraction of sp³-hybridized carbons (Fsp3) is 0.500. The quantitative estimate of drug-likeness (QED) is 0.894. The van der Waals surface area contributed by atoms with E-state index in [0.29, 0.717) is 11.5 Å². The molecule has 1 N–H and O–H groups in total. The SMILES string of the molecule is CNS(=O)(=O)c1cccc(C(=O)N(C)[C@H](C)C2CC2)c1. The average molecular weight is 296 g/mol. The van der Waals surface area contributed by atoms with E-state index in [4.69, 9.17) is 0 Å². The average Bonchev–Trinajstić information content (AvgIpc) is 3.29. The molecule has 110 valence electrons. The number of nitrogens with zero attached hydrogens (tertiary/aromatic N) is 1. The summed E-state index contributed by atoms with van der Waals surface area (Å²) < 4.78 is 25.8. The van der Waals surface area contributed by atoms with Crippen molar-refractivity contribution in [2.45, 2.75) is 30.7 Å².